The number of hydrogen-bond donors (Lipinski definition) is 0. The minimum atomic E-state index is -0.665. The summed E-state index contributed by atoms with van der Waals surface area (Å²) in [5.74, 6) is -0.665. The van der Waals surface area contributed by atoms with Gasteiger partial charge in [0.05, 0.1) is 21.8 Å². The highest BCUT2D eigenvalue weighted by molar-refractivity contribution is 7.15. The summed E-state index contributed by atoms with van der Waals surface area (Å²) in [6.45, 7) is 5.70. The number of nitrogens with zero attached hydrogens (tertiary/aromatic N) is 3. The third kappa shape index (κ3) is 2.91. The SMILES string of the molecule is CCc1nc(C)c(C(C)OC(=O)c2cnc3sccn3c2=O)s1. The van der Waals surface area contributed by atoms with Crippen LogP contribution in [0.25, 0.3) is 4.96 Å². The summed E-state index contributed by atoms with van der Waals surface area (Å²) in [6.07, 6.45) is 3.26. The molecule has 0 N–H and O–H groups in total. The van der Waals surface area contributed by atoms with Gasteiger partial charge in [0.25, 0.3) is 5.56 Å². The van der Waals surface area contributed by atoms with Gasteiger partial charge >= 0.3 is 5.97 Å². The number of carbonyl (C=O) groups excluding carboxylic acids is 1. The molecular formula is C15H15N3O3S2. The van der Waals surface area contributed by atoms with Crippen LogP contribution in [0.2, 0.25) is 0 Å². The van der Waals surface area contributed by atoms with Crippen LogP contribution >= 0.6 is 22.7 Å². The van der Waals surface area contributed by atoms with Crippen molar-refractivity contribution < 1.29 is 9.53 Å². The van der Waals surface area contributed by atoms with Gasteiger partial charge in [-0.05, 0) is 20.3 Å². The fourth-order valence-electron chi connectivity index (χ4n) is 2.24. The number of aryl methyl sites for hydroxylation is 2. The molecule has 8 heteroatoms. The lowest BCUT2D eigenvalue weighted by atomic mass is 10.2. The van der Waals surface area contributed by atoms with Gasteiger partial charge in [0.1, 0.15) is 11.7 Å². The van der Waals surface area contributed by atoms with Gasteiger partial charge < -0.3 is 4.74 Å². The summed E-state index contributed by atoms with van der Waals surface area (Å²) >= 11 is 2.86. The third-order valence-electron chi connectivity index (χ3n) is 3.39. The summed E-state index contributed by atoms with van der Waals surface area (Å²) < 4.78 is 6.80. The molecule has 0 amide bonds. The molecule has 0 aliphatic rings. The maximum absolute atomic E-state index is 12.3. The van der Waals surface area contributed by atoms with Gasteiger partial charge in [-0.25, -0.2) is 14.8 Å². The zero-order valence-corrected chi connectivity index (χ0v) is 14.5. The number of esters is 1. The Balaban J connectivity index is 1.86. The van der Waals surface area contributed by atoms with Crippen LogP contribution in [0.1, 0.15) is 45.9 Å². The van der Waals surface area contributed by atoms with E-state index in [0.717, 1.165) is 22.0 Å². The molecule has 0 spiro atoms. The first-order valence-corrected chi connectivity index (χ1v) is 8.83. The molecule has 1 atom stereocenters. The molecule has 3 aromatic rings. The van der Waals surface area contributed by atoms with E-state index < -0.39 is 17.6 Å². The summed E-state index contributed by atoms with van der Waals surface area (Å²) in [5, 5.41) is 2.75. The van der Waals surface area contributed by atoms with Gasteiger partial charge in [0, 0.05) is 11.6 Å². The number of fused-ring (bicyclic) bond motifs is 1. The number of carbonyl (C=O) groups is 1. The first-order chi connectivity index (χ1) is 11.0. The second-order valence-electron chi connectivity index (χ2n) is 4.99. The molecule has 120 valence electrons. The molecule has 0 bridgehead atoms. The Hall–Kier alpha value is -2.06. The largest absolute Gasteiger partial charge is 0.453 e. The summed E-state index contributed by atoms with van der Waals surface area (Å²) in [4.78, 5) is 34.6. The highest BCUT2D eigenvalue weighted by Crippen LogP contribution is 2.28. The Kier molecular flexibility index (Phi) is 4.27. The van der Waals surface area contributed by atoms with E-state index >= 15 is 0 Å². The summed E-state index contributed by atoms with van der Waals surface area (Å²) in [6, 6.07) is 0. The van der Waals surface area contributed by atoms with Gasteiger partial charge in [0.2, 0.25) is 0 Å². The predicted octanol–water partition coefficient (Wildman–Crippen LogP) is 3.00. The van der Waals surface area contributed by atoms with E-state index in [0.29, 0.717) is 4.96 Å². The number of thiazole rings is 2. The smallest absolute Gasteiger partial charge is 0.346 e. The predicted molar refractivity (Wildman–Crippen MR) is 89.4 cm³/mol. The fraction of sp³-hybridized carbons (Fsp3) is 0.333. The second kappa shape index (κ2) is 6.21. The molecule has 0 saturated carbocycles. The van der Waals surface area contributed by atoms with Crippen molar-refractivity contribution in [2.75, 3.05) is 0 Å². The van der Waals surface area contributed by atoms with E-state index in [9.17, 15) is 9.59 Å². The number of hydrogen-bond acceptors (Lipinski definition) is 7. The Morgan fingerprint density at radius 3 is 2.96 bits per heavy atom. The summed E-state index contributed by atoms with van der Waals surface area (Å²) in [5.41, 5.74) is 0.379. The molecule has 3 aromatic heterocycles. The van der Waals surface area contributed by atoms with Crippen LogP contribution < -0.4 is 5.56 Å². The highest BCUT2D eigenvalue weighted by Gasteiger charge is 2.21. The number of ether oxygens (including phenoxy) is 1. The Morgan fingerprint density at radius 2 is 2.26 bits per heavy atom. The zero-order valence-electron chi connectivity index (χ0n) is 12.9. The van der Waals surface area contributed by atoms with E-state index in [1.165, 1.54) is 33.3 Å². The second-order valence-corrected chi connectivity index (χ2v) is 6.98. The van der Waals surface area contributed by atoms with Crippen LogP contribution in [-0.2, 0) is 11.2 Å². The van der Waals surface area contributed by atoms with E-state index in [2.05, 4.69) is 9.97 Å². The van der Waals surface area contributed by atoms with E-state index in [1.54, 1.807) is 18.5 Å². The van der Waals surface area contributed by atoms with Crippen LogP contribution in [-0.4, -0.2) is 20.3 Å². The van der Waals surface area contributed by atoms with E-state index in [4.69, 9.17) is 4.74 Å². The minimum absolute atomic E-state index is 0.0642. The van der Waals surface area contributed by atoms with Crippen molar-refractivity contribution in [2.24, 2.45) is 0 Å². The van der Waals surface area contributed by atoms with Gasteiger partial charge in [-0.3, -0.25) is 9.20 Å². The Morgan fingerprint density at radius 1 is 1.48 bits per heavy atom. The first-order valence-electron chi connectivity index (χ1n) is 7.13. The molecule has 0 aromatic carbocycles. The molecule has 23 heavy (non-hydrogen) atoms. The summed E-state index contributed by atoms with van der Waals surface area (Å²) in [7, 11) is 0. The average Bonchev–Trinajstić information content (AvgIpc) is 3.13. The monoisotopic (exact) mass is 349 g/mol. The third-order valence-corrected chi connectivity index (χ3v) is 5.63. The van der Waals surface area contributed by atoms with E-state index in [-0.39, 0.29) is 5.56 Å². The van der Waals surface area contributed by atoms with Gasteiger partial charge in [-0.2, -0.15) is 0 Å². The van der Waals surface area contributed by atoms with Gasteiger partial charge in [-0.15, -0.1) is 22.7 Å². The van der Waals surface area contributed by atoms with Crippen molar-refractivity contribution >= 4 is 33.6 Å². The molecule has 0 saturated heterocycles. The van der Waals surface area contributed by atoms with Gasteiger partial charge in [-0.1, -0.05) is 6.92 Å². The molecule has 6 nitrogen and oxygen atoms in total. The van der Waals surface area contributed by atoms with Crippen molar-refractivity contribution in [3.05, 3.63) is 49.3 Å². The lowest BCUT2D eigenvalue weighted by Gasteiger charge is -2.11. The minimum Gasteiger partial charge on any atom is -0.453 e. The van der Waals surface area contributed by atoms with E-state index in [1.807, 2.05) is 13.8 Å². The van der Waals surface area contributed by atoms with Crippen molar-refractivity contribution in [1.82, 2.24) is 14.4 Å². The molecule has 0 aliphatic heterocycles. The van der Waals surface area contributed by atoms with Crippen LogP contribution in [0.4, 0.5) is 0 Å². The lowest BCUT2D eigenvalue weighted by molar-refractivity contribution is 0.0341. The Labute approximate surface area is 140 Å². The first kappa shape index (κ1) is 15.8. The quantitative estimate of drug-likeness (QED) is 0.677. The molecule has 3 heterocycles. The lowest BCUT2D eigenvalue weighted by Crippen LogP contribution is -2.23. The molecule has 1 unspecified atom stereocenters. The van der Waals surface area contributed by atoms with Gasteiger partial charge in [0.15, 0.2) is 4.96 Å². The van der Waals surface area contributed by atoms with Crippen molar-refractivity contribution in [2.45, 2.75) is 33.3 Å². The maximum Gasteiger partial charge on any atom is 0.346 e. The van der Waals surface area contributed by atoms with Crippen LogP contribution in [0.15, 0.2) is 22.6 Å². The van der Waals surface area contributed by atoms with Crippen molar-refractivity contribution in [1.29, 1.82) is 0 Å². The standard InChI is InChI=1S/C15H15N3O3S2/c1-4-11-17-8(2)12(23-11)9(3)21-14(20)10-7-16-15-18(13(10)19)5-6-22-15/h5-7,9H,4H2,1-3H3. The Bertz CT molecular complexity index is 926. The average molecular weight is 349 g/mol. The highest BCUT2D eigenvalue weighted by atomic mass is 32.1. The normalized spacial score (nSPS) is 12.5. The van der Waals surface area contributed by atoms with Crippen LogP contribution in [0, 0.1) is 6.92 Å². The molecule has 3 rings (SSSR count). The number of rotatable bonds is 4. The maximum atomic E-state index is 12.3. The fourth-order valence-corrected chi connectivity index (χ4v) is 3.90. The van der Waals surface area contributed by atoms with Crippen LogP contribution in [0.5, 0.6) is 0 Å². The molecule has 0 radical (unpaired) electrons. The van der Waals surface area contributed by atoms with Crippen LogP contribution in [0.3, 0.4) is 0 Å². The molecular weight excluding hydrogens is 334 g/mol. The molecule has 0 aliphatic carbocycles. The topological polar surface area (TPSA) is 73.6 Å². The number of aromatic nitrogens is 3. The van der Waals surface area contributed by atoms with Crippen molar-refractivity contribution in [3.8, 4) is 0 Å². The molecule has 0 fully saturated rings. The zero-order chi connectivity index (χ0) is 16.6. The van der Waals surface area contributed by atoms with Crippen molar-refractivity contribution in [3.63, 3.8) is 0 Å².